The van der Waals surface area contributed by atoms with E-state index in [1.54, 1.807) is 18.2 Å². The van der Waals surface area contributed by atoms with Gasteiger partial charge in [0.25, 0.3) is 0 Å². The van der Waals surface area contributed by atoms with Crippen LogP contribution >= 0.6 is 0 Å². The largest absolute Gasteiger partial charge is 0.496 e. The second-order valence-corrected chi connectivity index (χ2v) is 15.8. The summed E-state index contributed by atoms with van der Waals surface area (Å²) in [5.41, 5.74) is 3.58. The third-order valence-electron chi connectivity index (χ3n) is 12.0. The number of rotatable bonds is 9. The van der Waals surface area contributed by atoms with E-state index in [9.17, 15) is 9.59 Å². The summed E-state index contributed by atoms with van der Waals surface area (Å²) >= 11 is 0. The van der Waals surface area contributed by atoms with Crippen LogP contribution in [0.15, 0.2) is 40.9 Å². The number of anilines is 1. The van der Waals surface area contributed by atoms with Crippen molar-refractivity contribution >= 4 is 17.8 Å². The molecule has 4 saturated carbocycles. The van der Waals surface area contributed by atoms with Crippen LogP contribution in [-0.2, 0) is 14.9 Å². The summed E-state index contributed by atoms with van der Waals surface area (Å²) in [4.78, 5) is 35.7. The van der Waals surface area contributed by atoms with E-state index in [1.165, 1.54) is 11.1 Å². The minimum absolute atomic E-state index is 0.0347. The summed E-state index contributed by atoms with van der Waals surface area (Å²) in [6.45, 7) is 10.5. The predicted molar refractivity (Wildman–Crippen MR) is 186 cm³/mol. The number of hydrogen-bond donors (Lipinski definition) is 0. The summed E-state index contributed by atoms with van der Waals surface area (Å²) in [5.74, 6) is 3.21. The maximum absolute atomic E-state index is 14.6. The first-order valence-corrected chi connectivity index (χ1v) is 18.3. The number of methoxy groups -OCH3 is 1. The monoisotopic (exact) mass is 669 g/mol. The molecular formula is C39H51N5O5. The molecule has 0 N–H and O–H groups in total. The number of aromatic nitrogens is 3. The molecule has 0 radical (unpaired) electrons. The van der Waals surface area contributed by atoms with Crippen molar-refractivity contribution in [1.29, 1.82) is 0 Å². The van der Waals surface area contributed by atoms with Crippen LogP contribution < -0.4 is 9.64 Å². The van der Waals surface area contributed by atoms with Gasteiger partial charge in [0.2, 0.25) is 17.7 Å². The van der Waals surface area contributed by atoms with Crippen LogP contribution in [0.3, 0.4) is 0 Å². The highest BCUT2D eigenvalue weighted by molar-refractivity contribution is 5.94. The number of fused-ring (bicyclic) bond motifs is 3. The molecule has 3 aromatic rings. The molecule has 262 valence electrons. The quantitative estimate of drug-likeness (QED) is 0.227. The van der Waals surface area contributed by atoms with E-state index in [1.807, 2.05) is 30.9 Å². The van der Waals surface area contributed by atoms with Crippen LogP contribution in [0.5, 0.6) is 5.75 Å². The Morgan fingerprint density at radius 3 is 2.33 bits per heavy atom. The minimum Gasteiger partial charge on any atom is -0.496 e. The number of aryl methyl sites for hydroxylation is 1. The number of carbonyl (C=O) groups is 2. The molecule has 5 aliphatic rings. The van der Waals surface area contributed by atoms with Crippen molar-refractivity contribution < 1.29 is 23.5 Å². The molecule has 1 aromatic carbocycles. The number of ether oxygens (including phenoxy) is 2. The lowest BCUT2D eigenvalue weighted by Gasteiger charge is -2.55. The molecule has 10 heteroatoms. The third kappa shape index (κ3) is 6.67. The van der Waals surface area contributed by atoms with E-state index in [2.05, 4.69) is 42.2 Å². The van der Waals surface area contributed by atoms with Crippen LogP contribution in [0.1, 0.15) is 108 Å². The molecule has 2 amide bonds. The summed E-state index contributed by atoms with van der Waals surface area (Å²) in [7, 11) is 1.73. The van der Waals surface area contributed by atoms with Gasteiger partial charge >= 0.3 is 6.09 Å². The highest BCUT2D eigenvalue weighted by Crippen LogP contribution is 2.58. The Bertz CT molecular complexity index is 1650. The molecule has 1 aliphatic heterocycles. The Morgan fingerprint density at radius 2 is 1.71 bits per heavy atom. The van der Waals surface area contributed by atoms with Crippen molar-refractivity contribution in [2.24, 2.45) is 17.3 Å². The number of benzene rings is 1. The summed E-state index contributed by atoms with van der Waals surface area (Å²) in [5, 5.41) is 8.54. The second-order valence-electron chi connectivity index (χ2n) is 15.8. The molecule has 1 saturated heterocycles. The number of pyridine rings is 1. The minimum atomic E-state index is -0.216. The summed E-state index contributed by atoms with van der Waals surface area (Å²) < 4.78 is 17.4. The van der Waals surface area contributed by atoms with Crippen LogP contribution in [-0.4, -0.2) is 64.9 Å². The number of likely N-dealkylation sites (tertiary alicyclic amines) is 1. The van der Waals surface area contributed by atoms with Crippen LogP contribution in [0, 0.1) is 24.2 Å². The van der Waals surface area contributed by atoms with Crippen LogP contribution in [0.2, 0.25) is 0 Å². The van der Waals surface area contributed by atoms with Crippen molar-refractivity contribution in [3.63, 3.8) is 0 Å². The van der Waals surface area contributed by atoms with Gasteiger partial charge in [0.05, 0.1) is 7.11 Å². The van der Waals surface area contributed by atoms with E-state index >= 15 is 0 Å². The van der Waals surface area contributed by atoms with Gasteiger partial charge in [-0.15, -0.1) is 10.2 Å². The van der Waals surface area contributed by atoms with Gasteiger partial charge in [0, 0.05) is 43.2 Å². The van der Waals surface area contributed by atoms with E-state index in [-0.39, 0.29) is 40.8 Å². The van der Waals surface area contributed by atoms with Gasteiger partial charge in [0.15, 0.2) is 0 Å². The van der Waals surface area contributed by atoms with E-state index in [0.717, 1.165) is 62.9 Å². The first-order valence-electron chi connectivity index (χ1n) is 18.3. The molecule has 49 heavy (non-hydrogen) atoms. The fourth-order valence-electron chi connectivity index (χ4n) is 8.75. The highest BCUT2D eigenvalue weighted by Gasteiger charge is 2.51. The van der Waals surface area contributed by atoms with Crippen LogP contribution in [0.4, 0.5) is 10.6 Å². The van der Waals surface area contributed by atoms with Crippen molar-refractivity contribution in [2.75, 3.05) is 31.6 Å². The van der Waals surface area contributed by atoms with Gasteiger partial charge in [0.1, 0.15) is 17.7 Å². The van der Waals surface area contributed by atoms with Gasteiger partial charge in [-0.25, -0.2) is 9.78 Å². The maximum Gasteiger partial charge on any atom is 0.410 e. The predicted octanol–water partition coefficient (Wildman–Crippen LogP) is 7.84. The summed E-state index contributed by atoms with van der Waals surface area (Å²) in [6.07, 6.45) is 10.7. The van der Waals surface area contributed by atoms with Crippen molar-refractivity contribution in [3.05, 3.63) is 53.5 Å². The molecule has 0 atom stereocenters. The van der Waals surface area contributed by atoms with Gasteiger partial charge in [-0.2, -0.15) is 0 Å². The molecule has 2 bridgehead atoms. The fraction of sp³-hybridized carbons (Fsp3) is 0.615. The van der Waals surface area contributed by atoms with E-state index in [0.29, 0.717) is 55.7 Å². The SMILES string of the molecule is COc1ccc(C23CCC(CN(C(=O)C4CCC(OC(=O)N5CC(C)C5)CC4)c4cc(-c5nnc(C(C)C)o5)ccn4)(CC2)CC3)cc1C. The van der Waals surface area contributed by atoms with Crippen molar-refractivity contribution in [1.82, 2.24) is 20.1 Å². The second kappa shape index (κ2) is 13.4. The van der Waals surface area contributed by atoms with E-state index in [4.69, 9.17) is 18.9 Å². The Labute approximate surface area is 290 Å². The number of nitrogens with zero attached hydrogens (tertiary/aromatic N) is 5. The van der Waals surface area contributed by atoms with Gasteiger partial charge < -0.3 is 18.8 Å². The molecule has 0 spiro atoms. The highest BCUT2D eigenvalue weighted by atomic mass is 16.6. The average Bonchev–Trinajstić information content (AvgIpc) is 3.61. The van der Waals surface area contributed by atoms with Crippen LogP contribution in [0.25, 0.3) is 11.5 Å². The molecule has 10 nitrogen and oxygen atoms in total. The zero-order valence-corrected chi connectivity index (χ0v) is 29.7. The lowest BCUT2D eigenvalue weighted by atomic mass is 9.51. The van der Waals surface area contributed by atoms with Gasteiger partial charge in [-0.1, -0.05) is 32.9 Å². The molecular weight excluding hydrogens is 618 g/mol. The molecule has 3 heterocycles. The number of hydrogen-bond acceptors (Lipinski definition) is 8. The Balaban J connectivity index is 1.10. The summed E-state index contributed by atoms with van der Waals surface area (Å²) in [6, 6.07) is 10.5. The normalized spacial score (nSPS) is 26.8. The van der Waals surface area contributed by atoms with Gasteiger partial charge in [-0.3, -0.25) is 9.69 Å². The lowest BCUT2D eigenvalue weighted by Crippen LogP contribution is -2.52. The Hall–Kier alpha value is -3.95. The zero-order valence-electron chi connectivity index (χ0n) is 29.7. The maximum atomic E-state index is 14.6. The zero-order chi connectivity index (χ0) is 34.3. The van der Waals surface area contributed by atoms with Crippen molar-refractivity contribution in [3.8, 4) is 17.2 Å². The Kier molecular flexibility index (Phi) is 9.17. The Morgan fingerprint density at radius 1 is 1.00 bits per heavy atom. The van der Waals surface area contributed by atoms with E-state index < -0.39 is 0 Å². The first-order chi connectivity index (χ1) is 23.6. The standard InChI is InChI=1S/C39H51N5O5/c1-25(2)34-41-42-35(49-34)29-12-19-40-33(21-29)44(36(45)28-6-9-31(10-7-28)48-37(46)43-22-26(3)23-43)24-38-13-16-39(17-14-38,18-15-38)30-8-11-32(47-5)27(4)20-30/h8,11-12,19-21,25-26,28,31H,6-7,9-10,13-18,22-24H2,1-5H3. The topological polar surface area (TPSA) is 111 Å². The fourth-order valence-corrected chi connectivity index (χ4v) is 8.75. The molecule has 8 rings (SSSR count). The average molecular weight is 670 g/mol. The lowest BCUT2D eigenvalue weighted by molar-refractivity contribution is -0.124. The molecule has 4 aliphatic carbocycles. The first kappa shape index (κ1) is 33.5. The van der Waals surface area contributed by atoms with Crippen molar-refractivity contribution in [2.45, 2.75) is 109 Å². The molecule has 5 fully saturated rings. The third-order valence-corrected chi connectivity index (χ3v) is 12.0. The molecule has 0 unspecified atom stereocenters. The number of amides is 2. The van der Waals surface area contributed by atoms with Gasteiger partial charge in [-0.05, 0) is 117 Å². The molecule has 2 aromatic heterocycles. The smallest absolute Gasteiger partial charge is 0.410 e. The number of carbonyl (C=O) groups excluding carboxylic acids is 2.